The van der Waals surface area contributed by atoms with E-state index >= 15 is 0 Å². The normalized spacial score (nSPS) is 17.2. The SMILES string of the molecule is CCOC(=O)C1(c2ccccc2)CCN(CCCN2c3ccccc3CCc3ccccc32)CC1. The molecule has 2 aliphatic rings. The van der Waals surface area contributed by atoms with E-state index in [-0.39, 0.29) is 5.97 Å². The first-order valence-corrected chi connectivity index (χ1v) is 13.1. The molecule has 2 aliphatic heterocycles. The minimum Gasteiger partial charge on any atom is -0.465 e. The summed E-state index contributed by atoms with van der Waals surface area (Å²) in [6.07, 6.45) is 4.88. The minimum absolute atomic E-state index is 0.0661. The van der Waals surface area contributed by atoms with Crippen molar-refractivity contribution in [3.05, 3.63) is 95.6 Å². The summed E-state index contributed by atoms with van der Waals surface area (Å²) in [4.78, 5) is 18.1. The Morgan fingerprint density at radius 2 is 1.37 bits per heavy atom. The number of carbonyl (C=O) groups excluding carboxylic acids is 1. The van der Waals surface area contributed by atoms with Gasteiger partial charge in [0.15, 0.2) is 0 Å². The molecule has 4 heteroatoms. The van der Waals surface area contributed by atoms with Crippen LogP contribution in [0.4, 0.5) is 11.4 Å². The summed E-state index contributed by atoms with van der Waals surface area (Å²) >= 11 is 0. The van der Waals surface area contributed by atoms with E-state index in [1.54, 1.807) is 0 Å². The molecule has 0 amide bonds. The van der Waals surface area contributed by atoms with Crippen molar-refractivity contribution in [1.29, 1.82) is 0 Å². The van der Waals surface area contributed by atoms with Crippen LogP contribution in [0.3, 0.4) is 0 Å². The van der Waals surface area contributed by atoms with Gasteiger partial charge in [-0.15, -0.1) is 0 Å². The van der Waals surface area contributed by atoms with Crippen molar-refractivity contribution in [3.63, 3.8) is 0 Å². The van der Waals surface area contributed by atoms with Crippen LogP contribution in [-0.4, -0.2) is 43.7 Å². The highest BCUT2D eigenvalue weighted by molar-refractivity contribution is 5.83. The van der Waals surface area contributed by atoms with Gasteiger partial charge in [-0.1, -0.05) is 66.7 Å². The first kappa shape index (κ1) is 23.6. The van der Waals surface area contributed by atoms with Gasteiger partial charge in [0.2, 0.25) is 0 Å². The molecular weight excluding hydrogens is 432 g/mol. The molecule has 0 aromatic heterocycles. The molecule has 1 fully saturated rings. The van der Waals surface area contributed by atoms with E-state index in [0.29, 0.717) is 6.61 Å². The maximum atomic E-state index is 13.1. The van der Waals surface area contributed by atoms with E-state index in [0.717, 1.165) is 63.8 Å². The molecule has 2 heterocycles. The Kier molecular flexibility index (Phi) is 7.19. The summed E-state index contributed by atoms with van der Waals surface area (Å²) in [5.41, 5.74) is 6.14. The number of ether oxygens (including phenoxy) is 1. The molecule has 0 unspecified atom stereocenters. The molecule has 0 spiro atoms. The number of para-hydroxylation sites is 2. The molecule has 0 radical (unpaired) electrons. The Bertz CT molecular complexity index is 1090. The van der Waals surface area contributed by atoms with Gasteiger partial charge in [-0.2, -0.15) is 0 Å². The number of hydrogen-bond donors (Lipinski definition) is 0. The van der Waals surface area contributed by atoms with Gasteiger partial charge in [-0.05, 0) is 87.5 Å². The fourth-order valence-corrected chi connectivity index (χ4v) is 5.86. The minimum atomic E-state index is -0.517. The van der Waals surface area contributed by atoms with Crippen LogP contribution in [0.1, 0.15) is 42.9 Å². The van der Waals surface area contributed by atoms with Crippen LogP contribution in [0.2, 0.25) is 0 Å². The maximum Gasteiger partial charge on any atom is 0.316 e. The number of esters is 1. The van der Waals surface area contributed by atoms with E-state index in [4.69, 9.17) is 4.74 Å². The maximum absolute atomic E-state index is 13.1. The molecular formula is C31H36N2O2. The second-order valence-corrected chi connectivity index (χ2v) is 9.77. The zero-order valence-electron chi connectivity index (χ0n) is 20.8. The lowest BCUT2D eigenvalue weighted by atomic mass is 9.72. The van der Waals surface area contributed by atoms with Gasteiger partial charge in [0.05, 0.1) is 12.0 Å². The molecule has 1 saturated heterocycles. The fraction of sp³-hybridized carbons (Fsp3) is 0.387. The molecule has 0 aliphatic carbocycles. The molecule has 35 heavy (non-hydrogen) atoms. The van der Waals surface area contributed by atoms with Crippen LogP contribution in [-0.2, 0) is 27.8 Å². The lowest BCUT2D eigenvalue weighted by molar-refractivity contribution is -0.152. The Morgan fingerprint density at radius 3 is 1.97 bits per heavy atom. The summed E-state index contributed by atoms with van der Waals surface area (Å²) in [5, 5.41) is 0. The predicted molar refractivity (Wildman–Crippen MR) is 142 cm³/mol. The number of carbonyl (C=O) groups is 1. The number of nitrogens with zero attached hydrogens (tertiary/aromatic N) is 2. The molecule has 4 nitrogen and oxygen atoms in total. The van der Waals surface area contributed by atoms with Crippen molar-refractivity contribution >= 4 is 17.3 Å². The third-order valence-electron chi connectivity index (χ3n) is 7.79. The number of likely N-dealkylation sites (tertiary alicyclic amines) is 1. The van der Waals surface area contributed by atoms with Crippen LogP contribution in [0.25, 0.3) is 0 Å². The largest absolute Gasteiger partial charge is 0.465 e. The van der Waals surface area contributed by atoms with Crippen molar-refractivity contribution in [3.8, 4) is 0 Å². The molecule has 182 valence electrons. The number of fused-ring (bicyclic) bond motifs is 2. The Morgan fingerprint density at radius 1 is 0.800 bits per heavy atom. The highest BCUT2D eigenvalue weighted by Gasteiger charge is 2.44. The Hall–Kier alpha value is -3.11. The van der Waals surface area contributed by atoms with E-state index in [9.17, 15) is 4.79 Å². The van der Waals surface area contributed by atoms with Gasteiger partial charge in [0, 0.05) is 17.9 Å². The smallest absolute Gasteiger partial charge is 0.316 e. The van der Waals surface area contributed by atoms with Gasteiger partial charge >= 0.3 is 5.97 Å². The zero-order valence-corrected chi connectivity index (χ0v) is 20.8. The second kappa shape index (κ2) is 10.7. The molecule has 0 N–H and O–H groups in total. The number of anilines is 2. The lowest BCUT2D eigenvalue weighted by Gasteiger charge is -2.40. The summed E-state index contributed by atoms with van der Waals surface area (Å²) in [7, 11) is 0. The third kappa shape index (κ3) is 4.85. The van der Waals surface area contributed by atoms with E-state index in [2.05, 4.69) is 70.5 Å². The second-order valence-electron chi connectivity index (χ2n) is 9.77. The van der Waals surface area contributed by atoms with Crippen LogP contribution in [0.15, 0.2) is 78.9 Å². The summed E-state index contributed by atoms with van der Waals surface area (Å²) in [6.45, 7) is 6.18. The molecule has 3 aromatic rings. The number of benzene rings is 3. The van der Waals surface area contributed by atoms with Crippen molar-refractivity contribution < 1.29 is 9.53 Å². The summed E-state index contributed by atoms with van der Waals surface area (Å²) in [5.74, 6) is -0.0661. The lowest BCUT2D eigenvalue weighted by Crippen LogP contribution is -2.48. The van der Waals surface area contributed by atoms with Crippen LogP contribution < -0.4 is 4.90 Å². The Labute approximate surface area is 209 Å². The van der Waals surface area contributed by atoms with E-state index < -0.39 is 5.41 Å². The van der Waals surface area contributed by atoms with Gasteiger partial charge in [-0.25, -0.2) is 0 Å². The quantitative estimate of drug-likeness (QED) is 0.404. The molecule has 0 bridgehead atoms. The molecule has 3 aromatic carbocycles. The predicted octanol–water partition coefficient (Wildman–Crippen LogP) is 5.91. The van der Waals surface area contributed by atoms with Crippen LogP contribution >= 0.6 is 0 Å². The standard InChI is InChI=1S/C31H36N2O2/c1-2-35-30(34)31(27-13-4-3-5-14-27)19-23-32(24-20-31)21-10-22-33-28-15-8-6-11-25(28)17-18-26-12-7-9-16-29(26)33/h3-9,11-16H,2,10,17-24H2,1H3. The van der Waals surface area contributed by atoms with Gasteiger partial charge in [0.1, 0.15) is 0 Å². The van der Waals surface area contributed by atoms with Crippen molar-refractivity contribution in [1.82, 2.24) is 4.90 Å². The third-order valence-corrected chi connectivity index (χ3v) is 7.79. The molecule has 5 rings (SSSR count). The first-order chi connectivity index (χ1) is 17.2. The average molecular weight is 469 g/mol. The van der Waals surface area contributed by atoms with Gasteiger partial charge in [0.25, 0.3) is 0 Å². The van der Waals surface area contributed by atoms with Gasteiger partial charge in [-0.3, -0.25) is 4.79 Å². The van der Waals surface area contributed by atoms with Crippen molar-refractivity contribution in [2.75, 3.05) is 37.7 Å². The van der Waals surface area contributed by atoms with Gasteiger partial charge < -0.3 is 14.5 Å². The van der Waals surface area contributed by atoms with Crippen molar-refractivity contribution in [2.45, 2.75) is 44.4 Å². The summed E-state index contributed by atoms with van der Waals surface area (Å²) < 4.78 is 5.55. The van der Waals surface area contributed by atoms with E-state index in [1.807, 2.05) is 25.1 Å². The van der Waals surface area contributed by atoms with Crippen molar-refractivity contribution in [2.24, 2.45) is 0 Å². The first-order valence-electron chi connectivity index (χ1n) is 13.1. The topological polar surface area (TPSA) is 32.8 Å². The number of hydrogen-bond acceptors (Lipinski definition) is 4. The monoisotopic (exact) mass is 468 g/mol. The molecule has 0 atom stereocenters. The highest BCUT2D eigenvalue weighted by Crippen LogP contribution is 2.38. The molecule has 0 saturated carbocycles. The van der Waals surface area contributed by atoms with Crippen LogP contribution in [0.5, 0.6) is 0 Å². The van der Waals surface area contributed by atoms with Crippen LogP contribution in [0, 0.1) is 0 Å². The highest BCUT2D eigenvalue weighted by atomic mass is 16.5. The summed E-state index contributed by atoms with van der Waals surface area (Å²) in [6, 6.07) is 27.9. The van der Waals surface area contributed by atoms with E-state index in [1.165, 1.54) is 22.5 Å². The Balaban J connectivity index is 1.26. The fourth-order valence-electron chi connectivity index (χ4n) is 5.86. The number of aryl methyl sites for hydroxylation is 2. The zero-order chi connectivity index (χ0) is 24.1. The number of rotatable bonds is 7. The number of piperidine rings is 1. The average Bonchev–Trinajstić information content (AvgIpc) is 3.07.